The number of nitro benzene ring substituents is 1. The number of rotatable bonds is 5. The SMILES string of the molecule is NNc1c(C(=O)NCC2CCCCC2)cccc1[N+](=O)[O-]. The number of hydrogen-bond acceptors (Lipinski definition) is 5. The van der Waals surface area contributed by atoms with E-state index in [1.165, 1.54) is 37.5 Å². The molecule has 1 fully saturated rings. The molecule has 1 amide bonds. The molecule has 0 saturated heterocycles. The largest absolute Gasteiger partial charge is 0.352 e. The minimum Gasteiger partial charge on any atom is -0.352 e. The average molecular weight is 292 g/mol. The van der Waals surface area contributed by atoms with E-state index in [4.69, 9.17) is 5.84 Å². The topological polar surface area (TPSA) is 110 Å². The first kappa shape index (κ1) is 15.2. The van der Waals surface area contributed by atoms with E-state index in [-0.39, 0.29) is 22.8 Å². The van der Waals surface area contributed by atoms with E-state index >= 15 is 0 Å². The van der Waals surface area contributed by atoms with Crippen LogP contribution in [0.15, 0.2) is 18.2 Å². The van der Waals surface area contributed by atoms with Gasteiger partial charge in [0, 0.05) is 12.6 Å². The number of nitrogens with zero attached hydrogens (tertiary/aromatic N) is 1. The fourth-order valence-corrected chi connectivity index (χ4v) is 2.76. The summed E-state index contributed by atoms with van der Waals surface area (Å²) in [6.45, 7) is 0.603. The fraction of sp³-hybridized carbons (Fsp3) is 0.500. The smallest absolute Gasteiger partial charge is 0.294 e. The highest BCUT2D eigenvalue weighted by atomic mass is 16.6. The van der Waals surface area contributed by atoms with Crippen molar-refractivity contribution in [2.24, 2.45) is 11.8 Å². The summed E-state index contributed by atoms with van der Waals surface area (Å²) in [7, 11) is 0. The second-order valence-corrected chi connectivity index (χ2v) is 5.32. The highest BCUT2D eigenvalue weighted by molar-refractivity contribution is 6.01. The number of nitrogens with one attached hydrogen (secondary N) is 2. The molecule has 0 aromatic heterocycles. The Morgan fingerprint density at radius 3 is 2.67 bits per heavy atom. The predicted molar refractivity (Wildman–Crippen MR) is 79.8 cm³/mol. The molecule has 1 aliphatic rings. The molecule has 0 heterocycles. The molecule has 1 saturated carbocycles. The number of carbonyl (C=O) groups excluding carboxylic acids is 1. The normalized spacial score (nSPS) is 15.5. The highest BCUT2D eigenvalue weighted by Crippen LogP contribution is 2.27. The summed E-state index contributed by atoms with van der Waals surface area (Å²) in [4.78, 5) is 22.6. The minimum absolute atomic E-state index is 0.0450. The summed E-state index contributed by atoms with van der Waals surface area (Å²) in [5, 5.41) is 13.8. The van der Waals surface area contributed by atoms with E-state index in [1.54, 1.807) is 0 Å². The van der Waals surface area contributed by atoms with Crippen LogP contribution in [0.3, 0.4) is 0 Å². The van der Waals surface area contributed by atoms with Gasteiger partial charge in [-0.2, -0.15) is 0 Å². The van der Waals surface area contributed by atoms with Crippen molar-refractivity contribution in [2.45, 2.75) is 32.1 Å². The summed E-state index contributed by atoms with van der Waals surface area (Å²) >= 11 is 0. The van der Waals surface area contributed by atoms with E-state index in [9.17, 15) is 14.9 Å². The zero-order valence-electron chi connectivity index (χ0n) is 11.8. The van der Waals surface area contributed by atoms with E-state index < -0.39 is 4.92 Å². The molecule has 0 radical (unpaired) electrons. The van der Waals surface area contributed by atoms with Crippen molar-refractivity contribution in [3.05, 3.63) is 33.9 Å². The molecule has 21 heavy (non-hydrogen) atoms. The average Bonchev–Trinajstić information content (AvgIpc) is 2.52. The monoisotopic (exact) mass is 292 g/mol. The van der Waals surface area contributed by atoms with Gasteiger partial charge < -0.3 is 10.7 Å². The Hall–Kier alpha value is -2.15. The second-order valence-electron chi connectivity index (χ2n) is 5.32. The number of carbonyl (C=O) groups is 1. The maximum Gasteiger partial charge on any atom is 0.294 e. The molecule has 2 rings (SSSR count). The van der Waals surface area contributed by atoms with Gasteiger partial charge in [0.25, 0.3) is 11.6 Å². The third kappa shape index (κ3) is 3.69. The van der Waals surface area contributed by atoms with E-state index in [2.05, 4.69) is 10.7 Å². The van der Waals surface area contributed by atoms with E-state index in [0.717, 1.165) is 12.8 Å². The van der Waals surface area contributed by atoms with Crippen LogP contribution in [0.4, 0.5) is 11.4 Å². The van der Waals surface area contributed by atoms with Crippen molar-refractivity contribution in [3.8, 4) is 0 Å². The summed E-state index contributed by atoms with van der Waals surface area (Å²) in [5.74, 6) is 5.49. The van der Waals surface area contributed by atoms with Crippen LogP contribution in [-0.2, 0) is 0 Å². The molecule has 0 spiro atoms. The van der Waals surface area contributed by atoms with Gasteiger partial charge in [0.1, 0.15) is 5.69 Å². The number of hydrogen-bond donors (Lipinski definition) is 3. The van der Waals surface area contributed by atoms with Gasteiger partial charge in [-0.25, -0.2) is 0 Å². The van der Waals surface area contributed by atoms with Crippen LogP contribution in [0, 0.1) is 16.0 Å². The fourth-order valence-electron chi connectivity index (χ4n) is 2.76. The first-order valence-electron chi connectivity index (χ1n) is 7.15. The van der Waals surface area contributed by atoms with Gasteiger partial charge in [-0.15, -0.1) is 0 Å². The third-order valence-corrected chi connectivity index (χ3v) is 3.90. The lowest BCUT2D eigenvalue weighted by molar-refractivity contribution is -0.384. The lowest BCUT2D eigenvalue weighted by Gasteiger charge is -2.21. The van der Waals surface area contributed by atoms with Crippen LogP contribution in [0.1, 0.15) is 42.5 Å². The molecule has 7 nitrogen and oxygen atoms in total. The van der Waals surface area contributed by atoms with Gasteiger partial charge in [-0.3, -0.25) is 20.8 Å². The van der Waals surface area contributed by atoms with Gasteiger partial charge in [0.05, 0.1) is 10.5 Å². The van der Waals surface area contributed by atoms with Crippen molar-refractivity contribution in [3.63, 3.8) is 0 Å². The van der Waals surface area contributed by atoms with Gasteiger partial charge in [0.15, 0.2) is 0 Å². The van der Waals surface area contributed by atoms with Gasteiger partial charge in [0.2, 0.25) is 0 Å². The zero-order valence-corrected chi connectivity index (χ0v) is 11.8. The number of anilines is 1. The Kier molecular flexibility index (Phi) is 5.10. The summed E-state index contributed by atoms with van der Waals surface area (Å²) in [6, 6.07) is 4.32. The number of benzene rings is 1. The Bertz CT molecular complexity index is 527. The molecular formula is C14H20N4O3. The lowest BCUT2D eigenvalue weighted by Crippen LogP contribution is -2.31. The highest BCUT2D eigenvalue weighted by Gasteiger charge is 2.21. The predicted octanol–water partition coefficient (Wildman–Crippen LogP) is 2.19. The first-order valence-corrected chi connectivity index (χ1v) is 7.15. The molecule has 0 aliphatic heterocycles. The second kappa shape index (κ2) is 7.03. The van der Waals surface area contributed by atoms with Crippen molar-refractivity contribution in [1.82, 2.24) is 5.32 Å². The first-order chi connectivity index (χ1) is 10.1. The van der Waals surface area contributed by atoms with Crippen LogP contribution < -0.4 is 16.6 Å². The van der Waals surface area contributed by atoms with Gasteiger partial charge in [-0.1, -0.05) is 25.3 Å². The zero-order chi connectivity index (χ0) is 15.2. The molecule has 0 unspecified atom stereocenters. The maximum atomic E-state index is 12.2. The molecule has 1 aromatic rings. The number of hydrazine groups is 1. The molecule has 1 aromatic carbocycles. The molecule has 114 valence electrons. The van der Waals surface area contributed by atoms with Crippen molar-refractivity contribution in [1.29, 1.82) is 0 Å². The molecule has 1 aliphatic carbocycles. The Labute approximate surface area is 123 Å². The van der Waals surface area contributed by atoms with Crippen LogP contribution in [-0.4, -0.2) is 17.4 Å². The van der Waals surface area contributed by atoms with Crippen LogP contribution >= 0.6 is 0 Å². The Morgan fingerprint density at radius 1 is 1.33 bits per heavy atom. The molecule has 7 heteroatoms. The number of nitrogens with two attached hydrogens (primary N) is 1. The molecule has 4 N–H and O–H groups in total. The standard InChI is InChI=1S/C14H20N4O3/c15-17-13-11(7-4-8-12(13)18(20)21)14(19)16-9-10-5-2-1-3-6-10/h4,7-8,10,17H,1-3,5-6,9,15H2,(H,16,19). The van der Waals surface area contributed by atoms with Crippen molar-refractivity contribution >= 4 is 17.3 Å². The van der Waals surface area contributed by atoms with Gasteiger partial charge in [-0.05, 0) is 24.8 Å². The summed E-state index contributed by atoms with van der Waals surface area (Å²) < 4.78 is 0. The number of nitro groups is 1. The Balaban J connectivity index is 2.07. The van der Waals surface area contributed by atoms with E-state index in [0.29, 0.717) is 12.5 Å². The van der Waals surface area contributed by atoms with Gasteiger partial charge >= 0.3 is 0 Å². The summed E-state index contributed by atoms with van der Waals surface area (Å²) in [6.07, 6.45) is 5.91. The van der Waals surface area contributed by atoms with Crippen LogP contribution in [0.2, 0.25) is 0 Å². The number of para-hydroxylation sites is 1. The third-order valence-electron chi connectivity index (χ3n) is 3.90. The molecular weight excluding hydrogens is 272 g/mol. The minimum atomic E-state index is -0.562. The van der Waals surface area contributed by atoms with Crippen LogP contribution in [0.5, 0.6) is 0 Å². The maximum absolute atomic E-state index is 12.2. The lowest BCUT2D eigenvalue weighted by atomic mass is 9.89. The Morgan fingerprint density at radius 2 is 2.05 bits per heavy atom. The molecule has 0 bridgehead atoms. The molecule has 0 atom stereocenters. The van der Waals surface area contributed by atoms with Crippen molar-refractivity contribution < 1.29 is 9.72 Å². The number of nitrogen functional groups attached to an aromatic ring is 1. The van der Waals surface area contributed by atoms with Crippen LogP contribution in [0.25, 0.3) is 0 Å². The van der Waals surface area contributed by atoms with Crippen molar-refractivity contribution in [2.75, 3.05) is 12.0 Å². The van der Waals surface area contributed by atoms with E-state index in [1.807, 2.05) is 0 Å². The summed E-state index contributed by atoms with van der Waals surface area (Å²) in [5.41, 5.74) is 2.30. The quantitative estimate of drug-likeness (QED) is 0.437. The number of amides is 1.